The lowest BCUT2D eigenvalue weighted by atomic mass is 10.3. The Bertz CT molecular complexity index is 954. The lowest BCUT2D eigenvalue weighted by Crippen LogP contribution is -2.40. The number of rotatable bonds is 12. The van der Waals surface area contributed by atoms with E-state index in [0.717, 1.165) is 0 Å². The van der Waals surface area contributed by atoms with E-state index in [0.29, 0.717) is 52.4 Å². The third-order valence-corrected chi connectivity index (χ3v) is 5.90. The van der Waals surface area contributed by atoms with Crippen LogP contribution in [0.4, 0.5) is 0 Å². The molecule has 2 saturated heterocycles. The molecule has 0 saturated carbocycles. The van der Waals surface area contributed by atoms with Gasteiger partial charge >= 0.3 is 29.8 Å². The number of hydrogen-bond acceptors (Lipinski definition) is 16. The zero-order valence-corrected chi connectivity index (χ0v) is 28.2. The fourth-order valence-electron chi connectivity index (χ4n) is 3.18. The third kappa shape index (κ3) is 23.2. The summed E-state index contributed by atoms with van der Waals surface area (Å²) in [5, 5.41) is 15.2. The van der Waals surface area contributed by atoms with E-state index in [-0.39, 0.29) is 50.0 Å². The van der Waals surface area contributed by atoms with Crippen molar-refractivity contribution in [1.29, 1.82) is 0 Å². The minimum Gasteiger partial charge on any atom is -0.469 e. The summed E-state index contributed by atoms with van der Waals surface area (Å²) in [6, 6.07) is 0. The van der Waals surface area contributed by atoms with E-state index in [2.05, 4.69) is 18.9 Å². The number of aliphatic hydroxyl groups is 2. The molecule has 2 fully saturated rings. The number of methoxy groups -OCH3 is 2. The molecule has 0 aromatic heterocycles. The zero-order valence-electron chi connectivity index (χ0n) is 28.2. The second kappa shape index (κ2) is 27.3. The molecule has 18 nitrogen and oxygen atoms in total. The standard InChI is InChI=1S/C14H25NO7.C7H11NO3.C6H8O4.C2H6O2/c1-11(14(18)20-4)22-10-9-21-8-7-15(12(2)16)6-5-13(17)19-3;1-6(9)8-3-2-7(10)11-5-4-8;1-3-5(7)10-4(2)6(8)9-3;3-1-2-4/h11H,5-10H2,1-4H3;2-5H2,1H3;3-4H,1-2H3;3-4H,1-2H2. The molecular formula is C29H50N2O16. The summed E-state index contributed by atoms with van der Waals surface area (Å²) >= 11 is 0. The van der Waals surface area contributed by atoms with Gasteiger partial charge in [0.1, 0.15) is 6.61 Å². The van der Waals surface area contributed by atoms with E-state index >= 15 is 0 Å². The number of carbonyl (C=O) groups excluding carboxylic acids is 7. The van der Waals surface area contributed by atoms with Gasteiger partial charge in [0.15, 0.2) is 18.3 Å². The average Bonchev–Trinajstić information content (AvgIpc) is 3.27. The monoisotopic (exact) mass is 682 g/mol. The number of amides is 2. The predicted molar refractivity (Wildman–Crippen MR) is 160 cm³/mol. The zero-order chi connectivity index (χ0) is 36.4. The highest BCUT2D eigenvalue weighted by Gasteiger charge is 2.32. The van der Waals surface area contributed by atoms with Crippen molar-refractivity contribution in [2.45, 2.75) is 65.8 Å². The number of cyclic esters (lactones) is 3. The number of aliphatic hydroxyl groups excluding tert-OH is 2. The molecule has 0 aliphatic carbocycles. The van der Waals surface area contributed by atoms with E-state index in [1.165, 1.54) is 46.8 Å². The van der Waals surface area contributed by atoms with Crippen molar-refractivity contribution in [3.8, 4) is 0 Å². The van der Waals surface area contributed by atoms with Crippen LogP contribution in [0.2, 0.25) is 0 Å². The maximum Gasteiger partial charge on any atom is 0.347 e. The quantitative estimate of drug-likeness (QED) is 0.137. The maximum atomic E-state index is 11.4. The van der Waals surface area contributed by atoms with Crippen LogP contribution in [0, 0.1) is 0 Å². The predicted octanol–water partition coefficient (Wildman–Crippen LogP) is -1.39. The van der Waals surface area contributed by atoms with E-state index in [1.807, 2.05) is 0 Å². The summed E-state index contributed by atoms with van der Waals surface area (Å²) in [5.41, 5.74) is 0. The average molecular weight is 683 g/mol. The van der Waals surface area contributed by atoms with Crippen molar-refractivity contribution in [2.75, 3.05) is 80.0 Å². The van der Waals surface area contributed by atoms with Crippen molar-refractivity contribution in [2.24, 2.45) is 0 Å². The van der Waals surface area contributed by atoms with E-state index in [1.54, 1.807) is 11.8 Å². The van der Waals surface area contributed by atoms with Gasteiger partial charge in [0.05, 0.1) is 66.6 Å². The molecule has 47 heavy (non-hydrogen) atoms. The van der Waals surface area contributed by atoms with Crippen LogP contribution >= 0.6 is 0 Å². The van der Waals surface area contributed by atoms with Crippen LogP contribution in [0.5, 0.6) is 0 Å². The lowest BCUT2D eigenvalue weighted by Gasteiger charge is -2.22. The minimum absolute atomic E-state index is 0.00306. The SMILES string of the molecule is CC(=O)N1CCOC(=O)CC1.CC1OC(=O)C(C)OC1=O.COC(=O)CCN(CCOCCOC(C)C(=O)OC)C(C)=O.OCCO. The van der Waals surface area contributed by atoms with Gasteiger partial charge < -0.3 is 53.2 Å². The smallest absolute Gasteiger partial charge is 0.347 e. The summed E-state index contributed by atoms with van der Waals surface area (Å²) in [7, 11) is 2.60. The fraction of sp³-hybridized carbons (Fsp3) is 0.759. The molecule has 0 radical (unpaired) electrons. The molecule has 0 aromatic carbocycles. The number of nitrogens with zero attached hydrogens (tertiary/aromatic N) is 2. The first-order chi connectivity index (χ1) is 22.1. The van der Waals surface area contributed by atoms with Gasteiger partial charge in [0.2, 0.25) is 11.8 Å². The number of ether oxygens (including phenoxy) is 7. The van der Waals surface area contributed by atoms with Crippen LogP contribution < -0.4 is 0 Å². The first-order valence-electron chi connectivity index (χ1n) is 14.8. The van der Waals surface area contributed by atoms with Crippen LogP contribution in [-0.4, -0.2) is 160 Å². The molecule has 2 aliphatic rings. The van der Waals surface area contributed by atoms with Gasteiger partial charge in [-0.2, -0.15) is 0 Å². The minimum atomic E-state index is -0.747. The Balaban J connectivity index is 0. The van der Waals surface area contributed by atoms with Gasteiger partial charge in [-0.15, -0.1) is 0 Å². The largest absolute Gasteiger partial charge is 0.469 e. The molecule has 2 aliphatic heterocycles. The van der Waals surface area contributed by atoms with Gasteiger partial charge in [-0.25, -0.2) is 14.4 Å². The van der Waals surface area contributed by atoms with Gasteiger partial charge in [-0.3, -0.25) is 19.2 Å². The van der Waals surface area contributed by atoms with Gasteiger partial charge in [-0.1, -0.05) is 0 Å². The Morgan fingerprint density at radius 3 is 1.94 bits per heavy atom. The second-order valence-corrected chi connectivity index (χ2v) is 9.56. The molecule has 3 atom stereocenters. The van der Waals surface area contributed by atoms with Gasteiger partial charge in [0, 0.05) is 33.5 Å². The summed E-state index contributed by atoms with van der Waals surface area (Å²) in [4.78, 5) is 79.5. The Labute approximate surface area is 274 Å². The van der Waals surface area contributed by atoms with Crippen molar-refractivity contribution in [1.82, 2.24) is 9.80 Å². The molecule has 0 spiro atoms. The Kier molecular flexibility index (Phi) is 26.2. The molecule has 0 bridgehead atoms. The Morgan fingerprint density at radius 1 is 0.894 bits per heavy atom. The van der Waals surface area contributed by atoms with Crippen LogP contribution in [0.25, 0.3) is 0 Å². The summed E-state index contributed by atoms with van der Waals surface area (Å²) < 4.78 is 33.5. The van der Waals surface area contributed by atoms with E-state index in [4.69, 9.17) is 24.4 Å². The molecule has 18 heteroatoms. The maximum absolute atomic E-state index is 11.4. The second-order valence-electron chi connectivity index (χ2n) is 9.56. The summed E-state index contributed by atoms with van der Waals surface area (Å²) in [6.45, 7) is 10.1. The van der Waals surface area contributed by atoms with Crippen LogP contribution in [0.1, 0.15) is 47.5 Å². The molecule has 2 N–H and O–H groups in total. The van der Waals surface area contributed by atoms with E-state index < -0.39 is 36.2 Å². The highest BCUT2D eigenvalue weighted by molar-refractivity contribution is 5.86. The van der Waals surface area contributed by atoms with E-state index in [9.17, 15) is 33.6 Å². The lowest BCUT2D eigenvalue weighted by molar-refractivity contribution is -0.191. The molecule has 0 aromatic rings. The molecule has 2 amide bonds. The number of hydrogen-bond donors (Lipinski definition) is 2. The summed E-state index contributed by atoms with van der Waals surface area (Å²) in [5.74, 6) is -2.11. The molecular weight excluding hydrogens is 632 g/mol. The Hall–Kier alpha value is -3.87. The van der Waals surface area contributed by atoms with Crippen molar-refractivity contribution < 1.29 is 76.9 Å². The topological polar surface area (TPSA) is 231 Å². The molecule has 3 unspecified atom stereocenters. The van der Waals surface area contributed by atoms with Gasteiger partial charge in [-0.05, 0) is 20.8 Å². The molecule has 2 rings (SSSR count). The summed E-state index contributed by atoms with van der Waals surface area (Å²) in [6.07, 6.45) is -1.66. The van der Waals surface area contributed by atoms with Crippen molar-refractivity contribution in [3.63, 3.8) is 0 Å². The highest BCUT2D eigenvalue weighted by Crippen LogP contribution is 2.08. The van der Waals surface area contributed by atoms with Crippen LogP contribution in [0.15, 0.2) is 0 Å². The van der Waals surface area contributed by atoms with Crippen LogP contribution in [-0.2, 0) is 66.7 Å². The first-order valence-corrected chi connectivity index (χ1v) is 14.8. The van der Waals surface area contributed by atoms with Crippen LogP contribution in [0.3, 0.4) is 0 Å². The number of carbonyl (C=O) groups is 7. The Morgan fingerprint density at radius 2 is 1.47 bits per heavy atom. The molecule has 272 valence electrons. The number of esters is 5. The fourth-order valence-corrected chi connectivity index (χ4v) is 3.18. The highest BCUT2D eigenvalue weighted by atomic mass is 16.6. The van der Waals surface area contributed by atoms with Gasteiger partial charge in [0.25, 0.3) is 0 Å². The first kappa shape index (κ1) is 45.3. The normalized spacial score (nSPS) is 17.6. The third-order valence-electron chi connectivity index (χ3n) is 5.90. The van der Waals surface area contributed by atoms with Crippen molar-refractivity contribution >= 4 is 41.7 Å². The van der Waals surface area contributed by atoms with Crippen molar-refractivity contribution in [3.05, 3.63) is 0 Å². The molecule has 2 heterocycles.